The van der Waals surface area contributed by atoms with Crippen molar-refractivity contribution >= 4 is 38.4 Å². The lowest BCUT2D eigenvalue weighted by Crippen LogP contribution is -2.15. The van der Waals surface area contributed by atoms with Gasteiger partial charge in [-0.25, -0.2) is 0 Å². The molecule has 0 amide bonds. The highest BCUT2D eigenvalue weighted by Gasteiger charge is 2.23. The summed E-state index contributed by atoms with van der Waals surface area (Å²) in [5.74, 6) is 1.01. The van der Waals surface area contributed by atoms with Crippen LogP contribution in [0, 0.1) is 12.8 Å². The van der Waals surface area contributed by atoms with E-state index < -0.39 is 0 Å². The molecule has 0 aliphatic heterocycles. The molecule has 2 aromatic rings. The Bertz CT molecular complexity index is 542. The van der Waals surface area contributed by atoms with Crippen LogP contribution in [0.4, 0.5) is 5.00 Å². The fourth-order valence-corrected chi connectivity index (χ4v) is 4.45. The van der Waals surface area contributed by atoms with Crippen LogP contribution in [-0.4, -0.2) is 12.8 Å². The van der Waals surface area contributed by atoms with Gasteiger partial charge >= 0.3 is 0 Å². The summed E-state index contributed by atoms with van der Waals surface area (Å²) in [6.07, 6.45) is 6.45. The Kier molecular flexibility index (Phi) is 3.53. The summed E-state index contributed by atoms with van der Waals surface area (Å²) >= 11 is 3.80. The van der Waals surface area contributed by atoms with Gasteiger partial charge in [0.25, 0.3) is 0 Å². The van der Waals surface area contributed by atoms with Crippen molar-refractivity contribution in [3.05, 3.63) is 29.8 Å². The quantitative estimate of drug-likeness (QED) is 0.700. The van der Waals surface area contributed by atoms with E-state index in [1.165, 1.54) is 46.5 Å². The summed E-state index contributed by atoms with van der Waals surface area (Å²) in [6, 6.07) is 8.75. The van der Waals surface area contributed by atoms with Gasteiger partial charge in [0.15, 0.2) is 0 Å². The molecule has 3 rings (SSSR count). The lowest BCUT2D eigenvalue weighted by atomic mass is 10.2. The Morgan fingerprint density at radius 3 is 2.78 bits per heavy atom. The molecule has 0 spiro atoms. The van der Waals surface area contributed by atoms with Crippen molar-refractivity contribution in [3.8, 4) is 0 Å². The number of benzene rings is 1. The minimum Gasteiger partial charge on any atom is -0.308 e. The molecule has 0 atom stereocenters. The second-order valence-electron chi connectivity index (χ2n) is 5.05. The van der Waals surface area contributed by atoms with Crippen molar-refractivity contribution in [2.75, 3.05) is 17.1 Å². The van der Waals surface area contributed by atoms with E-state index in [1.807, 2.05) is 23.3 Å². The average molecular weight is 277 g/mol. The van der Waals surface area contributed by atoms with Crippen LogP contribution in [0.2, 0.25) is 0 Å². The molecule has 3 heteroatoms. The van der Waals surface area contributed by atoms with Gasteiger partial charge in [-0.05, 0) is 36.3 Å². The third-order valence-corrected chi connectivity index (χ3v) is 5.92. The molecule has 0 saturated heterocycles. The van der Waals surface area contributed by atoms with E-state index >= 15 is 0 Å². The molecule has 0 radical (unpaired) electrons. The van der Waals surface area contributed by atoms with Crippen LogP contribution in [-0.2, 0) is 0 Å². The van der Waals surface area contributed by atoms with Gasteiger partial charge in [-0.15, -0.1) is 11.3 Å². The largest absolute Gasteiger partial charge is 0.308 e. The van der Waals surface area contributed by atoms with E-state index in [4.69, 9.17) is 0 Å². The molecule has 1 heterocycles. The maximum Gasteiger partial charge on any atom is 0.105 e. The minimum atomic E-state index is 1.01. The standard InChI is InChI=1S/C15H19NS2/c1-11-13-5-3-4-6-14(13)18-15(11)16(17-2)10-9-12-7-8-12/h3-6,12H,7-10H2,1-2H3. The average Bonchev–Trinajstić information content (AvgIpc) is 3.16. The molecule has 1 nitrogen and oxygen atoms in total. The van der Waals surface area contributed by atoms with E-state index in [9.17, 15) is 0 Å². The summed E-state index contributed by atoms with van der Waals surface area (Å²) in [4.78, 5) is 0. The van der Waals surface area contributed by atoms with Gasteiger partial charge < -0.3 is 4.31 Å². The number of fused-ring (bicyclic) bond motifs is 1. The van der Waals surface area contributed by atoms with Crippen LogP contribution in [0.15, 0.2) is 24.3 Å². The Balaban J connectivity index is 1.87. The molecule has 1 aliphatic rings. The summed E-state index contributed by atoms with van der Waals surface area (Å²) in [7, 11) is 0. The fourth-order valence-electron chi connectivity index (χ4n) is 2.38. The Labute approximate surface area is 117 Å². The SMILES string of the molecule is CSN(CCC1CC1)c1sc2ccccc2c1C. The number of nitrogens with zero attached hydrogens (tertiary/aromatic N) is 1. The fraction of sp³-hybridized carbons (Fsp3) is 0.467. The third-order valence-electron chi connectivity index (χ3n) is 3.70. The van der Waals surface area contributed by atoms with Gasteiger partial charge in [-0.2, -0.15) is 0 Å². The zero-order valence-corrected chi connectivity index (χ0v) is 12.6. The molecule has 18 heavy (non-hydrogen) atoms. The van der Waals surface area contributed by atoms with Gasteiger partial charge in [0.05, 0.1) is 0 Å². The third kappa shape index (κ3) is 2.39. The smallest absolute Gasteiger partial charge is 0.105 e. The number of aryl methyl sites for hydroxylation is 1. The zero-order chi connectivity index (χ0) is 12.5. The predicted octanol–water partition coefficient (Wildman–Crippen LogP) is 5.09. The van der Waals surface area contributed by atoms with Crippen LogP contribution < -0.4 is 4.31 Å². The van der Waals surface area contributed by atoms with Gasteiger partial charge in [0, 0.05) is 17.5 Å². The lowest BCUT2D eigenvalue weighted by molar-refractivity contribution is 0.743. The van der Waals surface area contributed by atoms with Crippen molar-refractivity contribution in [1.82, 2.24) is 0 Å². The van der Waals surface area contributed by atoms with E-state index in [1.54, 1.807) is 0 Å². The number of rotatable bonds is 5. The Hall–Kier alpha value is -0.670. The topological polar surface area (TPSA) is 3.24 Å². The van der Waals surface area contributed by atoms with Crippen LogP contribution in [0.5, 0.6) is 0 Å². The van der Waals surface area contributed by atoms with Crippen molar-refractivity contribution in [2.45, 2.75) is 26.2 Å². The summed E-state index contributed by atoms with van der Waals surface area (Å²) in [5, 5.41) is 2.87. The molecular weight excluding hydrogens is 258 g/mol. The molecular formula is C15H19NS2. The highest BCUT2D eigenvalue weighted by atomic mass is 32.2. The second kappa shape index (κ2) is 5.14. The van der Waals surface area contributed by atoms with E-state index in [0.29, 0.717) is 0 Å². The van der Waals surface area contributed by atoms with Crippen LogP contribution in [0.25, 0.3) is 10.1 Å². The number of hydrogen-bond acceptors (Lipinski definition) is 3. The van der Waals surface area contributed by atoms with Crippen molar-refractivity contribution < 1.29 is 0 Å². The Morgan fingerprint density at radius 2 is 2.11 bits per heavy atom. The minimum absolute atomic E-state index is 1.01. The van der Waals surface area contributed by atoms with Crippen LogP contribution in [0.1, 0.15) is 24.8 Å². The number of thiophene rings is 1. The molecule has 0 unspecified atom stereocenters. The summed E-state index contributed by atoms with van der Waals surface area (Å²) in [5.41, 5.74) is 1.45. The van der Waals surface area contributed by atoms with Crippen LogP contribution >= 0.6 is 23.3 Å². The highest BCUT2D eigenvalue weighted by molar-refractivity contribution is 8.00. The molecule has 0 N–H and O–H groups in total. The van der Waals surface area contributed by atoms with Crippen molar-refractivity contribution in [3.63, 3.8) is 0 Å². The predicted molar refractivity (Wildman–Crippen MR) is 84.8 cm³/mol. The number of anilines is 1. The normalized spacial score (nSPS) is 15.2. The van der Waals surface area contributed by atoms with E-state index in [-0.39, 0.29) is 0 Å². The summed E-state index contributed by atoms with van der Waals surface area (Å²) in [6.45, 7) is 3.45. The van der Waals surface area contributed by atoms with Gasteiger partial charge in [-0.1, -0.05) is 43.0 Å². The monoisotopic (exact) mass is 277 g/mol. The molecule has 1 aromatic carbocycles. The molecule has 1 saturated carbocycles. The van der Waals surface area contributed by atoms with Crippen molar-refractivity contribution in [2.24, 2.45) is 5.92 Å². The lowest BCUT2D eigenvalue weighted by Gasteiger charge is -2.20. The molecule has 1 fully saturated rings. The second-order valence-corrected chi connectivity index (χ2v) is 6.88. The van der Waals surface area contributed by atoms with Gasteiger partial charge in [-0.3, -0.25) is 0 Å². The Morgan fingerprint density at radius 1 is 1.33 bits per heavy atom. The maximum atomic E-state index is 2.48. The molecule has 1 aliphatic carbocycles. The first-order valence-electron chi connectivity index (χ1n) is 6.59. The first-order valence-corrected chi connectivity index (χ1v) is 8.59. The molecule has 96 valence electrons. The first-order chi connectivity index (χ1) is 8.79. The van der Waals surface area contributed by atoms with Crippen molar-refractivity contribution in [1.29, 1.82) is 0 Å². The highest BCUT2D eigenvalue weighted by Crippen LogP contribution is 2.41. The van der Waals surface area contributed by atoms with Crippen LogP contribution in [0.3, 0.4) is 0 Å². The van der Waals surface area contributed by atoms with Gasteiger partial charge in [0.1, 0.15) is 5.00 Å². The molecule has 1 aromatic heterocycles. The van der Waals surface area contributed by atoms with E-state index in [2.05, 4.69) is 41.8 Å². The van der Waals surface area contributed by atoms with Gasteiger partial charge in [0.2, 0.25) is 0 Å². The maximum absolute atomic E-state index is 2.48. The summed E-state index contributed by atoms with van der Waals surface area (Å²) < 4.78 is 3.90. The molecule has 0 bridgehead atoms. The van der Waals surface area contributed by atoms with E-state index in [0.717, 1.165) is 5.92 Å². The first kappa shape index (κ1) is 12.4. The number of hydrogen-bond donors (Lipinski definition) is 0. The zero-order valence-electron chi connectivity index (χ0n) is 11.0.